The Labute approximate surface area is 417 Å². The van der Waals surface area contributed by atoms with E-state index in [4.69, 9.17) is 52.1 Å². The second kappa shape index (κ2) is 26.3. The third-order valence-electron chi connectivity index (χ3n) is 11.0. The first-order valence-electron chi connectivity index (χ1n) is 22.8. The first kappa shape index (κ1) is 54.2. The molecule has 23 heteroatoms. The highest BCUT2D eigenvalue weighted by Crippen LogP contribution is 2.44. The van der Waals surface area contributed by atoms with Crippen molar-refractivity contribution in [3.63, 3.8) is 0 Å². The van der Waals surface area contributed by atoms with E-state index in [1.54, 1.807) is 0 Å². The van der Waals surface area contributed by atoms with Crippen molar-refractivity contribution in [2.75, 3.05) is 53.2 Å². The molecule has 4 aromatic carbocycles. The third kappa shape index (κ3) is 15.4. The highest BCUT2D eigenvalue weighted by Gasteiger charge is 2.53. The quantitative estimate of drug-likeness (QED) is 0.0245. The number of methoxy groups -OCH3 is 1. The van der Waals surface area contributed by atoms with Crippen LogP contribution in [0, 0.1) is 10.1 Å². The van der Waals surface area contributed by atoms with Crippen LogP contribution in [0.4, 0.5) is 15.3 Å². The van der Waals surface area contributed by atoms with E-state index in [1.165, 1.54) is 30.3 Å². The lowest BCUT2D eigenvalue weighted by Gasteiger charge is -2.44. The van der Waals surface area contributed by atoms with Crippen LogP contribution >= 0.6 is 0 Å². The maximum atomic E-state index is 13.9. The van der Waals surface area contributed by atoms with Gasteiger partial charge in [0.25, 0.3) is 11.6 Å². The second-order valence-electron chi connectivity index (χ2n) is 16.1. The van der Waals surface area contributed by atoms with Crippen LogP contribution in [0.5, 0.6) is 11.5 Å². The van der Waals surface area contributed by atoms with Crippen molar-refractivity contribution in [2.45, 2.75) is 70.4 Å². The molecule has 0 spiro atoms. The smallest absolute Gasteiger partial charge is 0.469 e. The third-order valence-corrected chi connectivity index (χ3v) is 11.0. The fourth-order valence-electron chi connectivity index (χ4n) is 7.87. The molecule has 0 unspecified atom stereocenters. The zero-order chi connectivity index (χ0) is 52.4. The van der Waals surface area contributed by atoms with E-state index in [2.05, 4.69) is 22.8 Å². The number of amides is 2. The van der Waals surface area contributed by atoms with Gasteiger partial charge in [-0.25, -0.2) is 9.59 Å². The van der Waals surface area contributed by atoms with Crippen LogP contribution in [-0.4, -0.2) is 131 Å². The Morgan fingerprint density at radius 3 is 1.88 bits per heavy atom. The largest absolute Gasteiger partial charge is 0.514 e. The van der Waals surface area contributed by atoms with Gasteiger partial charge >= 0.3 is 36.1 Å². The molecular weight excluding hydrogens is 963 g/mol. The predicted octanol–water partition coefficient (Wildman–Crippen LogP) is 5.07. The number of nitro groups is 1. The van der Waals surface area contributed by atoms with E-state index in [9.17, 15) is 43.7 Å². The van der Waals surface area contributed by atoms with Gasteiger partial charge in [0.1, 0.15) is 30.8 Å². The number of rotatable bonds is 23. The molecule has 1 aliphatic heterocycles. The number of ether oxygens (including phenoxy) is 11. The Balaban J connectivity index is 1.05. The molecule has 388 valence electrons. The molecule has 0 saturated carbocycles. The van der Waals surface area contributed by atoms with Gasteiger partial charge in [-0.15, -0.1) is 0 Å². The molecule has 1 heterocycles. The molecule has 6 rings (SSSR count). The molecule has 0 bridgehead atoms. The molecule has 1 fully saturated rings. The fraction of sp³-hybridized carbons (Fsp3) is 0.380. The maximum absolute atomic E-state index is 13.9. The molecule has 73 heavy (non-hydrogen) atoms. The number of alkyl carbamates (subject to hydrolysis) is 1. The van der Waals surface area contributed by atoms with Crippen molar-refractivity contribution in [1.82, 2.24) is 10.6 Å². The number of nitrogens with one attached hydrogen (secondary N) is 2. The zero-order valence-corrected chi connectivity index (χ0v) is 40.1. The lowest BCUT2D eigenvalue weighted by Crippen LogP contribution is -2.63. The molecule has 5 atom stereocenters. The first-order valence-corrected chi connectivity index (χ1v) is 22.8. The van der Waals surface area contributed by atoms with Crippen molar-refractivity contribution in [2.24, 2.45) is 0 Å². The van der Waals surface area contributed by atoms with Gasteiger partial charge in [0.2, 0.25) is 12.4 Å². The van der Waals surface area contributed by atoms with Gasteiger partial charge in [-0.05, 0) is 52.1 Å². The van der Waals surface area contributed by atoms with Gasteiger partial charge in [0.15, 0.2) is 12.2 Å². The Morgan fingerprint density at radius 1 is 0.685 bits per heavy atom. The minimum Gasteiger partial charge on any atom is -0.469 e. The van der Waals surface area contributed by atoms with E-state index in [-0.39, 0.29) is 80.4 Å². The zero-order valence-electron chi connectivity index (χ0n) is 40.1. The van der Waals surface area contributed by atoms with Crippen molar-refractivity contribution >= 4 is 47.7 Å². The summed E-state index contributed by atoms with van der Waals surface area (Å²) in [6, 6.07) is 24.7. The average molecular weight is 1020 g/mol. The number of nitro benzene ring substituents is 1. The van der Waals surface area contributed by atoms with Gasteiger partial charge in [-0.1, -0.05) is 54.6 Å². The SMILES string of the molecule is COC(=O)C[C@H]1O[C@@H](Oc2ccc(COC(=O)Oc3ccc([N+](=O)[O-])cc3)cc2C(=O)NCCOCCOCCNC(=O)OCC2c3ccccc3-c3ccccc32)[C@H](OC(C)=O)[C@@H](OC(C)=O)[C@@H]1OC(C)=O. The van der Waals surface area contributed by atoms with E-state index in [1.807, 2.05) is 36.4 Å². The number of esters is 4. The predicted molar refractivity (Wildman–Crippen MR) is 250 cm³/mol. The lowest BCUT2D eigenvalue weighted by atomic mass is 9.95. The Bertz CT molecular complexity index is 2580. The Kier molecular flexibility index (Phi) is 19.6. The van der Waals surface area contributed by atoms with E-state index < -0.39 is 90.7 Å². The number of carbonyl (C=O) groups is 7. The van der Waals surface area contributed by atoms with Crippen molar-refractivity contribution in [3.05, 3.63) is 123 Å². The van der Waals surface area contributed by atoms with Crippen molar-refractivity contribution in [3.8, 4) is 22.6 Å². The van der Waals surface area contributed by atoms with Crippen LogP contribution in [0.15, 0.2) is 91.0 Å². The maximum Gasteiger partial charge on any atom is 0.514 e. The number of nitrogens with zero attached hydrogens (tertiary/aromatic N) is 1. The van der Waals surface area contributed by atoms with E-state index >= 15 is 0 Å². The summed E-state index contributed by atoms with van der Waals surface area (Å²) < 4.78 is 60.5. The van der Waals surface area contributed by atoms with Crippen molar-refractivity contribution < 1.29 is 90.6 Å². The highest BCUT2D eigenvalue weighted by atomic mass is 16.7. The molecular formula is C50H53N3O20. The van der Waals surface area contributed by atoms with Gasteiger partial charge in [-0.2, -0.15) is 0 Å². The summed E-state index contributed by atoms with van der Waals surface area (Å²) in [6.07, 6.45) is -10.2. The number of carbonyl (C=O) groups excluding carboxylic acids is 7. The van der Waals surface area contributed by atoms with Gasteiger partial charge in [-0.3, -0.25) is 34.1 Å². The summed E-state index contributed by atoms with van der Waals surface area (Å²) in [5, 5.41) is 16.4. The van der Waals surface area contributed by atoms with Crippen LogP contribution in [0.1, 0.15) is 60.2 Å². The highest BCUT2D eigenvalue weighted by molar-refractivity contribution is 5.97. The van der Waals surface area contributed by atoms with Gasteiger partial charge in [0, 0.05) is 51.9 Å². The second-order valence-corrected chi connectivity index (χ2v) is 16.1. The van der Waals surface area contributed by atoms with Gasteiger partial charge < -0.3 is 62.7 Å². The molecule has 2 aliphatic rings. The minimum atomic E-state index is -1.72. The molecule has 23 nitrogen and oxygen atoms in total. The normalized spacial score (nSPS) is 17.6. The molecule has 2 amide bonds. The van der Waals surface area contributed by atoms with Crippen LogP contribution < -0.4 is 20.1 Å². The summed E-state index contributed by atoms with van der Waals surface area (Å²) in [5.41, 5.74) is 4.26. The van der Waals surface area contributed by atoms with E-state index in [0.717, 1.165) is 62.3 Å². The number of fused-ring (bicyclic) bond motifs is 3. The minimum absolute atomic E-state index is 0.0116. The summed E-state index contributed by atoms with van der Waals surface area (Å²) in [7, 11) is 1.10. The summed E-state index contributed by atoms with van der Waals surface area (Å²) in [6.45, 7) is 3.47. The molecule has 2 N–H and O–H groups in total. The molecule has 0 aromatic heterocycles. The number of benzene rings is 4. The summed E-state index contributed by atoms with van der Waals surface area (Å²) in [5.74, 6) is -4.52. The van der Waals surface area contributed by atoms with Crippen LogP contribution in [0.2, 0.25) is 0 Å². The van der Waals surface area contributed by atoms with Gasteiger partial charge in [0.05, 0.1) is 50.4 Å². The fourth-order valence-corrected chi connectivity index (χ4v) is 7.87. The molecule has 1 aliphatic carbocycles. The molecule has 1 saturated heterocycles. The number of non-ortho nitro benzene ring substituents is 1. The van der Waals surface area contributed by atoms with Crippen molar-refractivity contribution in [1.29, 1.82) is 0 Å². The Morgan fingerprint density at radius 2 is 1.27 bits per heavy atom. The van der Waals surface area contributed by atoms with Crippen LogP contribution in [0.3, 0.4) is 0 Å². The number of hydrogen-bond acceptors (Lipinski definition) is 20. The summed E-state index contributed by atoms with van der Waals surface area (Å²) >= 11 is 0. The monoisotopic (exact) mass is 1020 g/mol. The first-order chi connectivity index (χ1) is 35.1. The standard InChI is InChI=1S/C50H53N3O20/c1-29(54)68-44-42(26-43(57)63-4)73-48(46(70-31(3)56)45(44)69-30(2)55)72-41-18-13-32(27-67-50(60)71-34-16-14-33(15-17-34)53(61)62)25-39(41)47(58)51-19-21-64-23-24-65-22-20-52-49(59)66-28-40-37-11-7-5-9-35(37)36-10-6-8-12-38(36)40/h5-18,25,40,42,44-46,48H,19-24,26-28H2,1-4H3,(H,51,58)(H,52,59)/t42-,44-,45+,46-,48-/m1/s1. The molecule has 0 radical (unpaired) electrons. The molecule has 4 aromatic rings. The topological polar surface area (TPSA) is 288 Å². The lowest BCUT2D eigenvalue weighted by molar-refractivity contribution is -0.384. The Hall–Kier alpha value is -8.15. The average Bonchev–Trinajstić information content (AvgIpc) is 3.68. The van der Waals surface area contributed by atoms with E-state index in [0.29, 0.717) is 0 Å². The summed E-state index contributed by atoms with van der Waals surface area (Å²) in [4.78, 5) is 98.9. The van der Waals surface area contributed by atoms with Crippen LogP contribution in [0.25, 0.3) is 11.1 Å². The number of hydrogen-bond donors (Lipinski definition) is 2. The van der Waals surface area contributed by atoms with Crippen LogP contribution in [-0.2, 0) is 68.4 Å².